The normalized spacial score (nSPS) is 12.6. The molecule has 2 nitrogen and oxygen atoms in total. The van der Waals surface area contributed by atoms with Crippen molar-refractivity contribution in [3.63, 3.8) is 0 Å². The van der Waals surface area contributed by atoms with E-state index in [0.717, 1.165) is 30.7 Å². The monoisotopic (exact) mass is 297 g/mol. The van der Waals surface area contributed by atoms with E-state index in [1.165, 1.54) is 0 Å². The molecule has 1 heterocycles. The van der Waals surface area contributed by atoms with Gasteiger partial charge in [0.25, 0.3) is 0 Å². The van der Waals surface area contributed by atoms with Crippen LogP contribution in [-0.4, -0.2) is 6.04 Å². The van der Waals surface area contributed by atoms with Crippen LogP contribution < -0.4 is 5.32 Å². The highest BCUT2D eigenvalue weighted by atomic mass is 35.5. The lowest BCUT2D eigenvalue weighted by atomic mass is 10.1. The number of aryl methyl sites for hydroxylation is 1. The van der Waals surface area contributed by atoms with Gasteiger partial charge in [-0.15, -0.1) is 0 Å². The molecule has 0 spiro atoms. The van der Waals surface area contributed by atoms with Crippen molar-refractivity contribution >= 4 is 23.2 Å². The zero-order chi connectivity index (χ0) is 13.7. The van der Waals surface area contributed by atoms with Crippen LogP contribution in [0, 0.1) is 0 Å². The van der Waals surface area contributed by atoms with Gasteiger partial charge >= 0.3 is 0 Å². The Morgan fingerprint density at radius 1 is 1.26 bits per heavy atom. The molecule has 19 heavy (non-hydrogen) atoms. The molecule has 1 aromatic carbocycles. The summed E-state index contributed by atoms with van der Waals surface area (Å²) in [4.78, 5) is 0. The Balaban J connectivity index is 1.78. The zero-order valence-corrected chi connectivity index (χ0v) is 12.3. The summed E-state index contributed by atoms with van der Waals surface area (Å²) in [5, 5.41) is 4.83. The molecule has 1 unspecified atom stereocenters. The van der Waals surface area contributed by atoms with Crippen LogP contribution in [-0.2, 0) is 13.0 Å². The number of nitrogens with one attached hydrogen (secondary N) is 1. The van der Waals surface area contributed by atoms with E-state index in [-0.39, 0.29) is 0 Å². The summed E-state index contributed by atoms with van der Waals surface area (Å²) in [5.41, 5.74) is 1.07. The Kier molecular flexibility index (Phi) is 5.32. The van der Waals surface area contributed by atoms with Crippen molar-refractivity contribution in [1.82, 2.24) is 5.32 Å². The van der Waals surface area contributed by atoms with Gasteiger partial charge in [-0.05, 0) is 43.2 Å². The van der Waals surface area contributed by atoms with Crippen LogP contribution in [0.3, 0.4) is 0 Å². The maximum Gasteiger partial charge on any atom is 0.103 e. The van der Waals surface area contributed by atoms with Crippen molar-refractivity contribution < 1.29 is 4.42 Å². The fourth-order valence-corrected chi connectivity index (χ4v) is 2.34. The summed E-state index contributed by atoms with van der Waals surface area (Å²) in [7, 11) is 0. The highest BCUT2D eigenvalue weighted by Crippen LogP contribution is 2.21. The molecule has 1 atom stereocenters. The predicted molar refractivity (Wildman–Crippen MR) is 79.8 cm³/mol. The van der Waals surface area contributed by atoms with Gasteiger partial charge in [0.15, 0.2) is 0 Å². The second-order valence-corrected chi connectivity index (χ2v) is 5.48. The lowest BCUT2D eigenvalue weighted by molar-refractivity contribution is 0.460. The second kappa shape index (κ2) is 6.99. The molecular weight excluding hydrogens is 281 g/mol. The van der Waals surface area contributed by atoms with E-state index in [0.29, 0.717) is 16.1 Å². The lowest BCUT2D eigenvalue weighted by Gasteiger charge is -2.14. The fourth-order valence-electron chi connectivity index (χ4n) is 1.86. The van der Waals surface area contributed by atoms with Gasteiger partial charge < -0.3 is 9.73 Å². The number of halogens is 2. The summed E-state index contributed by atoms with van der Waals surface area (Å²) < 4.78 is 5.32. The smallest absolute Gasteiger partial charge is 0.103 e. The number of hydrogen-bond acceptors (Lipinski definition) is 2. The topological polar surface area (TPSA) is 25.2 Å². The molecule has 0 saturated carbocycles. The molecule has 1 aromatic heterocycles. The van der Waals surface area contributed by atoms with Crippen LogP contribution in [0.4, 0.5) is 0 Å². The van der Waals surface area contributed by atoms with Crippen LogP contribution in [0.5, 0.6) is 0 Å². The van der Waals surface area contributed by atoms with E-state index in [1.54, 1.807) is 12.3 Å². The van der Waals surface area contributed by atoms with Gasteiger partial charge in [-0.3, -0.25) is 0 Å². The third kappa shape index (κ3) is 4.57. The van der Waals surface area contributed by atoms with Gasteiger partial charge in [0.1, 0.15) is 5.76 Å². The third-order valence-electron chi connectivity index (χ3n) is 3.06. The Morgan fingerprint density at radius 3 is 2.79 bits per heavy atom. The number of benzene rings is 1. The lowest BCUT2D eigenvalue weighted by Crippen LogP contribution is -2.26. The summed E-state index contributed by atoms with van der Waals surface area (Å²) in [5.74, 6) is 1.03. The van der Waals surface area contributed by atoms with Crippen LogP contribution >= 0.6 is 23.2 Å². The average Bonchev–Trinajstić information content (AvgIpc) is 2.88. The van der Waals surface area contributed by atoms with Crippen molar-refractivity contribution in [1.29, 1.82) is 0 Å². The first kappa shape index (κ1) is 14.4. The molecule has 0 aliphatic heterocycles. The van der Waals surface area contributed by atoms with Crippen molar-refractivity contribution in [2.75, 3.05) is 0 Å². The average molecular weight is 298 g/mol. The molecular formula is C15H17Cl2NO. The molecule has 2 aromatic rings. The molecule has 1 N–H and O–H groups in total. The summed E-state index contributed by atoms with van der Waals surface area (Å²) in [6, 6.07) is 9.91. The minimum atomic E-state index is 0.400. The van der Waals surface area contributed by atoms with E-state index < -0.39 is 0 Å². The van der Waals surface area contributed by atoms with Crippen LogP contribution in [0.15, 0.2) is 41.0 Å². The number of furan rings is 1. The highest BCUT2D eigenvalue weighted by Gasteiger charge is 2.06. The molecule has 0 fully saturated rings. The van der Waals surface area contributed by atoms with Gasteiger partial charge in [0, 0.05) is 29.1 Å². The summed E-state index contributed by atoms with van der Waals surface area (Å²) in [6.07, 6.45) is 3.68. The molecule has 4 heteroatoms. The predicted octanol–water partition coefficient (Wildman–Crippen LogP) is 4.70. The quantitative estimate of drug-likeness (QED) is 0.836. The largest absolute Gasteiger partial charge is 0.469 e. The molecule has 2 rings (SSSR count). The fraction of sp³-hybridized carbons (Fsp3) is 0.333. The first-order valence-corrected chi connectivity index (χ1v) is 7.10. The zero-order valence-electron chi connectivity index (χ0n) is 10.8. The molecule has 102 valence electrons. The molecule has 0 amide bonds. The Hall–Kier alpha value is -0.960. The van der Waals surface area contributed by atoms with E-state index in [4.69, 9.17) is 27.6 Å². The molecule has 0 aliphatic carbocycles. The first-order chi connectivity index (χ1) is 9.15. The van der Waals surface area contributed by atoms with Crippen molar-refractivity contribution in [2.45, 2.75) is 32.4 Å². The van der Waals surface area contributed by atoms with Gasteiger partial charge in [0.2, 0.25) is 0 Å². The maximum atomic E-state index is 6.13. The van der Waals surface area contributed by atoms with Gasteiger partial charge in [-0.1, -0.05) is 29.3 Å². The third-order valence-corrected chi connectivity index (χ3v) is 3.65. The minimum Gasteiger partial charge on any atom is -0.469 e. The van der Waals surface area contributed by atoms with E-state index in [2.05, 4.69) is 12.2 Å². The SMILES string of the molecule is CC(CCc1ccco1)NCc1ccc(Cl)cc1Cl. The molecule has 0 saturated heterocycles. The number of hydrogen-bond donors (Lipinski definition) is 1. The van der Waals surface area contributed by atoms with Crippen LogP contribution in [0.1, 0.15) is 24.7 Å². The summed E-state index contributed by atoms with van der Waals surface area (Å²) >= 11 is 12.0. The highest BCUT2D eigenvalue weighted by molar-refractivity contribution is 6.35. The van der Waals surface area contributed by atoms with Gasteiger partial charge in [-0.2, -0.15) is 0 Å². The van der Waals surface area contributed by atoms with E-state index in [1.807, 2.05) is 24.3 Å². The summed E-state index contributed by atoms with van der Waals surface area (Å²) in [6.45, 7) is 2.90. The molecule has 0 aliphatic rings. The van der Waals surface area contributed by atoms with Crippen molar-refractivity contribution in [3.05, 3.63) is 58.0 Å². The van der Waals surface area contributed by atoms with Crippen LogP contribution in [0.25, 0.3) is 0 Å². The minimum absolute atomic E-state index is 0.400. The Labute approximate surface area is 123 Å². The molecule has 0 radical (unpaired) electrons. The first-order valence-electron chi connectivity index (χ1n) is 6.35. The standard InChI is InChI=1S/C15H17Cl2NO/c1-11(4-7-14-3-2-8-19-14)18-10-12-5-6-13(16)9-15(12)17/h2-3,5-6,8-9,11,18H,4,7,10H2,1H3. The van der Waals surface area contributed by atoms with E-state index in [9.17, 15) is 0 Å². The van der Waals surface area contributed by atoms with Crippen molar-refractivity contribution in [2.24, 2.45) is 0 Å². The Bertz CT molecular complexity index is 511. The second-order valence-electron chi connectivity index (χ2n) is 4.64. The molecule has 0 bridgehead atoms. The van der Waals surface area contributed by atoms with Crippen LogP contribution in [0.2, 0.25) is 10.0 Å². The number of rotatable bonds is 6. The van der Waals surface area contributed by atoms with Crippen molar-refractivity contribution in [3.8, 4) is 0 Å². The maximum absolute atomic E-state index is 6.13. The Morgan fingerprint density at radius 2 is 2.11 bits per heavy atom. The van der Waals surface area contributed by atoms with Gasteiger partial charge in [0.05, 0.1) is 6.26 Å². The van der Waals surface area contributed by atoms with E-state index >= 15 is 0 Å². The van der Waals surface area contributed by atoms with Gasteiger partial charge in [-0.25, -0.2) is 0 Å².